The van der Waals surface area contributed by atoms with Crippen LogP contribution in [0.15, 0.2) is 42.1 Å². The molecule has 0 spiro atoms. The zero-order valence-electron chi connectivity index (χ0n) is 14.7. The Morgan fingerprint density at radius 3 is 2.77 bits per heavy atom. The van der Waals surface area contributed by atoms with Gasteiger partial charge in [0.2, 0.25) is 0 Å². The normalized spacial score (nSPS) is 24.1. The van der Waals surface area contributed by atoms with Crippen LogP contribution in [0.4, 0.5) is 0 Å². The number of nitrogens with zero attached hydrogens (tertiary/aromatic N) is 1. The lowest BCUT2D eigenvalue weighted by molar-refractivity contribution is -0.132. The van der Waals surface area contributed by atoms with E-state index in [1.165, 1.54) is 6.08 Å². The summed E-state index contributed by atoms with van der Waals surface area (Å²) < 4.78 is 0. The molecule has 1 aliphatic heterocycles. The fourth-order valence-electron chi connectivity index (χ4n) is 3.59. The summed E-state index contributed by atoms with van der Waals surface area (Å²) in [4.78, 5) is 16.9. The molecule has 0 bridgehead atoms. The zero-order chi connectivity index (χ0) is 18.5. The summed E-state index contributed by atoms with van der Waals surface area (Å²) >= 11 is 0. The van der Waals surface area contributed by atoms with Crippen molar-refractivity contribution in [3.63, 3.8) is 0 Å². The van der Waals surface area contributed by atoms with E-state index in [1.807, 2.05) is 31.5 Å². The molecule has 2 aliphatic rings. The van der Waals surface area contributed by atoms with E-state index in [1.54, 1.807) is 19.1 Å². The molecule has 1 aromatic heterocycles. The molecule has 0 amide bonds. The highest BCUT2D eigenvalue weighted by Crippen LogP contribution is 2.37. The van der Waals surface area contributed by atoms with Crippen molar-refractivity contribution in [1.29, 1.82) is 0 Å². The minimum Gasteiger partial charge on any atom is -0.478 e. The van der Waals surface area contributed by atoms with Gasteiger partial charge in [0.05, 0.1) is 11.1 Å². The average Bonchev–Trinajstić information content (AvgIpc) is 2.84. The van der Waals surface area contributed by atoms with Crippen molar-refractivity contribution in [3.05, 3.63) is 64.5 Å². The van der Waals surface area contributed by atoms with Crippen LogP contribution in [0.25, 0.3) is 29.1 Å². The van der Waals surface area contributed by atoms with Gasteiger partial charge in [0, 0.05) is 42.0 Å². The maximum Gasteiger partial charge on any atom is 0.335 e. The number of carbonyl (C=O) groups is 1. The van der Waals surface area contributed by atoms with Crippen LogP contribution in [0.3, 0.4) is 0 Å². The minimum absolute atomic E-state index is 0.0747. The van der Waals surface area contributed by atoms with Crippen molar-refractivity contribution in [1.82, 2.24) is 9.88 Å². The van der Waals surface area contributed by atoms with Crippen LogP contribution >= 0.6 is 0 Å². The number of H-pyrrole nitrogens is 1. The van der Waals surface area contributed by atoms with E-state index in [-0.39, 0.29) is 5.57 Å². The third kappa shape index (κ3) is 2.57. The highest BCUT2D eigenvalue weighted by Gasteiger charge is 2.28. The van der Waals surface area contributed by atoms with E-state index >= 15 is 0 Å². The summed E-state index contributed by atoms with van der Waals surface area (Å²) in [5.41, 5.74) is 3.16. The molecule has 5 heteroatoms. The molecular formula is C21H20N2O3. The molecule has 26 heavy (non-hydrogen) atoms. The topological polar surface area (TPSA) is 76.6 Å². The molecule has 1 unspecified atom stereocenters. The molecule has 1 aromatic carbocycles. The van der Waals surface area contributed by atoms with Crippen molar-refractivity contribution < 1.29 is 15.0 Å². The Kier molecular flexibility index (Phi) is 3.63. The van der Waals surface area contributed by atoms with Gasteiger partial charge in [-0.2, -0.15) is 0 Å². The van der Waals surface area contributed by atoms with Gasteiger partial charge in [0.15, 0.2) is 0 Å². The molecule has 132 valence electrons. The number of aliphatic hydroxyl groups is 1. The first kappa shape index (κ1) is 16.4. The van der Waals surface area contributed by atoms with E-state index in [0.29, 0.717) is 5.56 Å². The van der Waals surface area contributed by atoms with Crippen LogP contribution in [0, 0.1) is 0 Å². The predicted octanol–water partition coefficient (Wildman–Crippen LogP) is 3.34. The number of hydrogen-bond acceptors (Lipinski definition) is 3. The van der Waals surface area contributed by atoms with Crippen LogP contribution in [0.1, 0.15) is 29.3 Å². The molecule has 3 N–H and O–H groups in total. The molecule has 0 radical (unpaired) electrons. The van der Waals surface area contributed by atoms with E-state index in [9.17, 15) is 15.0 Å². The molecule has 0 saturated carbocycles. The van der Waals surface area contributed by atoms with Crippen LogP contribution in [-0.2, 0) is 10.4 Å². The van der Waals surface area contributed by atoms with Crippen LogP contribution in [0.5, 0.6) is 0 Å². The predicted molar refractivity (Wildman–Crippen MR) is 103 cm³/mol. The van der Waals surface area contributed by atoms with Gasteiger partial charge in [-0.3, -0.25) is 0 Å². The number of aromatic amines is 1. The standard InChI is InChI=1S/C21H20N2O3/c1-21(26)12-13(20(24)25)5-6-16-17(21)8-7-15-14-4-3-10-23(2)11-9-18(14)22-19(15)16/h3-9,11-12,22,26H,10H2,1-2H3,(H,24,25)/b4-3-,11-9-. The van der Waals surface area contributed by atoms with Crippen LogP contribution in [-0.4, -0.2) is 39.7 Å². The monoisotopic (exact) mass is 348 g/mol. The lowest BCUT2D eigenvalue weighted by Crippen LogP contribution is -2.20. The molecule has 5 nitrogen and oxygen atoms in total. The lowest BCUT2D eigenvalue weighted by atomic mass is 9.90. The van der Waals surface area contributed by atoms with Crippen molar-refractivity contribution in [3.8, 4) is 0 Å². The Morgan fingerprint density at radius 1 is 1.19 bits per heavy atom. The largest absolute Gasteiger partial charge is 0.478 e. The Balaban J connectivity index is 1.99. The molecule has 1 aliphatic carbocycles. The maximum absolute atomic E-state index is 11.4. The van der Waals surface area contributed by atoms with E-state index in [2.05, 4.69) is 22.0 Å². The fourth-order valence-corrected chi connectivity index (χ4v) is 3.59. The number of hydrogen-bond donors (Lipinski definition) is 3. The molecule has 1 atom stereocenters. The second kappa shape index (κ2) is 5.75. The van der Waals surface area contributed by atoms with E-state index in [4.69, 9.17) is 0 Å². The summed E-state index contributed by atoms with van der Waals surface area (Å²) in [5, 5.41) is 21.3. The number of aromatic nitrogens is 1. The summed E-state index contributed by atoms with van der Waals surface area (Å²) in [6, 6.07) is 3.86. The first-order valence-electron chi connectivity index (χ1n) is 8.47. The van der Waals surface area contributed by atoms with Gasteiger partial charge in [0.25, 0.3) is 0 Å². The third-order valence-corrected chi connectivity index (χ3v) is 4.92. The van der Waals surface area contributed by atoms with Gasteiger partial charge in [-0.05, 0) is 30.7 Å². The van der Waals surface area contributed by atoms with Gasteiger partial charge < -0.3 is 20.1 Å². The van der Waals surface area contributed by atoms with Gasteiger partial charge in [-0.25, -0.2) is 4.79 Å². The number of aliphatic carboxylic acids is 1. The second-order valence-corrected chi connectivity index (χ2v) is 6.95. The number of fused-ring (bicyclic) bond motifs is 5. The Bertz CT molecular complexity index is 1040. The van der Waals surface area contributed by atoms with Crippen LogP contribution < -0.4 is 0 Å². The number of likely N-dealkylation sites (N-methyl/N-ethyl adjacent to an activating group) is 1. The summed E-state index contributed by atoms with van der Waals surface area (Å²) in [6.45, 7) is 2.44. The van der Waals surface area contributed by atoms with Crippen molar-refractivity contribution in [2.24, 2.45) is 0 Å². The van der Waals surface area contributed by atoms with Crippen molar-refractivity contribution in [2.45, 2.75) is 12.5 Å². The molecule has 4 rings (SSSR count). The number of carboxylic acid groups (broad SMARTS) is 1. The summed E-state index contributed by atoms with van der Waals surface area (Å²) in [5.74, 6) is -1.06. The number of rotatable bonds is 1. The Labute approximate surface area is 151 Å². The highest BCUT2D eigenvalue weighted by molar-refractivity contribution is 6.00. The first-order valence-corrected chi connectivity index (χ1v) is 8.47. The van der Waals surface area contributed by atoms with Gasteiger partial charge >= 0.3 is 5.97 Å². The quantitative estimate of drug-likeness (QED) is 0.739. The van der Waals surface area contributed by atoms with E-state index < -0.39 is 11.6 Å². The molecule has 0 fully saturated rings. The number of nitrogens with one attached hydrogen (secondary N) is 1. The maximum atomic E-state index is 11.4. The molecule has 2 heterocycles. The SMILES string of the molecule is CN1/C=C\c2[nH]c3c4c(ccc3c2/C=C\C1)C(C)(O)C=C(C(=O)O)C=C4. The first-order chi connectivity index (χ1) is 12.4. The molecule has 2 aromatic rings. The molecular weight excluding hydrogens is 328 g/mol. The lowest BCUT2D eigenvalue weighted by Gasteiger charge is -2.21. The van der Waals surface area contributed by atoms with Crippen molar-refractivity contribution >= 4 is 35.1 Å². The molecule has 0 saturated heterocycles. The third-order valence-electron chi connectivity index (χ3n) is 4.92. The van der Waals surface area contributed by atoms with Gasteiger partial charge in [0.1, 0.15) is 5.60 Å². The summed E-state index contributed by atoms with van der Waals surface area (Å²) in [7, 11) is 2.01. The summed E-state index contributed by atoms with van der Waals surface area (Å²) in [6.07, 6.45) is 13.0. The Morgan fingerprint density at radius 2 is 2.00 bits per heavy atom. The number of benzene rings is 1. The van der Waals surface area contributed by atoms with Gasteiger partial charge in [-0.1, -0.05) is 30.4 Å². The van der Waals surface area contributed by atoms with Crippen molar-refractivity contribution in [2.75, 3.05) is 13.6 Å². The average molecular weight is 348 g/mol. The minimum atomic E-state index is -1.37. The van der Waals surface area contributed by atoms with Gasteiger partial charge in [-0.15, -0.1) is 0 Å². The second-order valence-electron chi connectivity index (χ2n) is 6.95. The zero-order valence-corrected chi connectivity index (χ0v) is 14.7. The van der Waals surface area contributed by atoms with E-state index in [0.717, 1.165) is 34.3 Å². The van der Waals surface area contributed by atoms with Crippen LogP contribution in [0.2, 0.25) is 0 Å². The smallest absolute Gasteiger partial charge is 0.335 e. The highest BCUT2D eigenvalue weighted by atomic mass is 16.4. The Hall–Kier alpha value is -3.05. The number of carboxylic acids is 1. The fraction of sp³-hybridized carbons (Fsp3) is 0.190.